The average molecular weight is 197 g/mol. The SMILES string of the molecule is CCc1occc1C(=O)NCC(=O)O. The number of carboxylic acids is 1. The van der Waals surface area contributed by atoms with Gasteiger partial charge in [0.15, 0.2) is 0 Å². The van der Waals surface area contributed by atoms with Crippen molar-refractivity contribution in [2.75, 3.05) is 6.54 Å². The van der Waals surface area contributed by atoms with Gasteiger partial charge in [0.25, 0.3) is 5.91 Å². The number of aliphatic carboxylic acids is 1. The van der Waals surface area contributed by atoms with Crippen molar-refractivity contribution in [3.63, 3.8) is 0 Å². The Bertz CT molecular complexity index is 342. The van der Waals surface area contributed by atoms with Crippen LogP contribution >= 0.6 is 0 Å². The van der Waals surface area contributed by atoms with Crippen molar-refractivity contribution < 1.29 is 19.1 Å². The summed E-state index contributed by atoms with van der Waals surface area (Å²) in [4.78, 5) is 21.5. The molecule has 0 saturated carbocycles. The van der Waals surface area contributed by atoms with E-state index in [0.29, 0.717) is 17.7 Å². The molecular formula is C9H11NO4. The summed E-state index contributed by atoms with van der Waals surface area (Å²) < 4.78 is 5.03. The molecule has 0 radical (unpaired) electrons. The van der Waals surface area contributed by atoms with E-state index in [9.17, 15) is 9.59 Å². The first-order valence-electron chi connectivity index (χ1n) is 4.21. The maximum absolute atomic E-state index is 11.4. The largest absolute Gasteiger partial charge is 0.480 e. The van der Waals surface area contributed by atoms with Gasteiger partial charge in [-0.15, -0.1) is 0 Å². The summed E-state index contributed by atoms with van der Waals surface area (Å²) in [5.74, 6) is -0.925. The minimum absolute atomic E-state index is 0.382. The van der Waals surface area contributed by atoms with Gasteiger partial charge in [0.2, 0.25) is 0 Å². The normalized spacial score (nSPS) is 9.79. The van der Waals surface area contributed by atoms with Gasteiger partial charge in [0, 0.05) is 6.42 Å². The third-order valence-electron chi connectivity index (χ3n) is 1.71. The Morgan fingerprint density at radius 1 is 1.57 bits per heavy atom. The fourth-order valence-electron chi connectivity index (χ4n) is 1.07. The summed E-state index contributed by atoms with van der Waals surface area (Å²) >= 11 is 0. The monoisotopic (exact) mass is 197 g/mol. The molecular weight excluding hydrogens is 186 g/mol. The third-order valence-corrected chi connectivity index (χ3v) is 1.71. The van der Waals surface area contributed by atoms with E-state index in [1.807, 2.05) is 6.92 Å². The van der Waals surface area contributed by atoms with Crippen LogP contribution in [0, 0.1) is 0 Å². The van der Waals surface area contributed by atoms with Gasteiger partial charge < -0.3 is 14.8 Å². The zero-order chi connectivity index (χ0) is 10.6. The van der Waals surface area contributed by atoms with Crippen LogP contribution in [-0.2, 0) is 11.2 Å². The second-order valence-corrected chi connectivity index (χ2v) is 2.69. The first kappa shape index (κ1) is 10.3. The van der Waals surface area contributed by atoms with Gasteiger partial charge in [-0.1, -0.05) is 6.92 Å². The molecule has 0 fully saturated rings. The first-order valence-corrected chi connectivity index (χ1v) is 4.21. The molecule has 0 aliphatic heterocycles. The number of carbonyl (C=O) groups is 2. The van der Waals surface area contributed by atoms with Crippen molar-refractivity contribution in [2.24, 2.45) is 0 Å². The Hall–Kier alpha value is -1.78. The number of amides is 1. The van der Waals surface area contributed by atoms with Crippen molar-refractivity contribution in [3.05, 3.63) is 23.7 Å². The maximum Gasteiger partial charge on any atom is 0.322 e. The molecule has 1 heterocycles. The minimum atomic E-state index is -1.07. The zero-order valence-corrected chi connectivity index (χ0v) is 7.74. The number of hydrogen-bond acceptors (Lipinski definition) is 3. The molecule has 5 heteroatoms. The second-order valence-electron chi connectivity index (χ2n) is 2.69. The lowest BCUT2D eigenvalue weighted by molar-refractivity contribution is -0.135. The van der Waals surface area contributed by atoms with Crippen LogP contribution < -0.4 is 5.32 Å². The Morgan fingerprint density at radius 3 is 2.86 bits per heavy atom. The smallest absolute Gasteiger partial charge is 0.322 e. The summed E-state index contributed by atoms with van der Waals surface area (Å²) in [5.41, 5.74) is 0.397. The Labute approximate surface area is 80.7 Å². The molecule has 1 amide bonds. The molecule has 0 aliphatic rings. The average Bonchev–Trinajstić information content (AvgIpc) is 2.61. The zero-order valence-electron chi connectivity index (χ0n) is 7.74. The lowest BCUT2D eigenvalue weighted by atomic mass is 10.2. The van der Waals surface area contributed by atoms with Crippen molar-refractivity contribution in [1.29, 1.82) is 0 Å². The van der Waals surface area contributed by atoms with Gasteiger partial charge in [0.1, 0.15) is 12.3 Å². The summed E-state index contributed by atoms with van der Waals surface area (Å²) in [7, 11) is 0. The van der Waals surface area contributed by atoms with E-state index in [2.05, 4.69) is 5.32 Å². The fourth-order valence-corrected chi connectivity index (χ4v) is 1.07. The molecule has 0 saturated heterocycles. The van der Waals surface area contributed by atoms with Crippen molar-refractivity contribution in [2.45, 2.75) is 13.3 Å². The number of hydrogen-bond donors (Lipinski definition) is 2. The molecule has 76 valence electrons. The summed E-state index contributed by atoms with van der Waals surface area (Å²) in [6.45, 7) is 1.47. The van der Waals surface area contributed by atoms with E-state index in [1.165, 1.54) is 12.3 Å². The number of aryl methyl sites for hydroxylation is 1. The van der Waals surface area contributed by atoms with Crippen LogP contribution in [0.5, 0.6) is 0 Å². The van der Waals surface area contributed by atoms with E-state index in [1.54, 1.807) is 0 Å². The van der Waals surface area contributed by atoms with Gasteiger partial charge in [0.05, 0.1) is 11.8 Å². The summed E-state index contributed by atoms with van der Waals surface area (Å²) in [6.07, 6.45) is 2.01. The Balaban J connectivity index is 2.64. The first-order chi connectivity index (χ1) is 6.65. The minimum Gasteiger partial charge on any atom is -0.480 e. The Kier molecular flexibility index (Phi) is 3.28. The third kappa shape index (κ3) is 2.35. The summed E-state index contributed by atoms with van der Waals surface area (Å²) in [5, 5.41) is 10.6. The number of nitrogens with one attached hydrogen (secondary N) is 1. The van der Waals surface area contributed by atoms with Crippen LogP contribution in [0.25, 0.3) is 0 Å². The van der Waals surface area contributed by atoms with Gasteiger partial charge >= 0.3 is 5.97 Å². The van der Waals surface area contributed by atoms with Gasteiger partial charge in [-0.3, -0.25) is 9.59 Å². The highest BCUT2D eigenvalue weighted by Gasteiger charge is 2.13. The molecule has 2 N–H and O–H groups in total. The van der Waals surface area contributed by atoms with Gasteiger partial charge in [-0.25, -0.2) is 0 Å². The quantitative estimate of drug-likeness (QED) is 0.742. The molecule has 0 unspecified atom stereocenters. The van der Waals surface area contributed by atoms with Crippen molar-refractivity contribution >= 4 is 11.9 Å². The Morgan fingerprint density at radius 2 is 2.29 bits per heavy atom. The van der Waals surface area contributed by atoms with E-state index >= 15 is 0 Å². The molecule has 0 spiro atoms. The van der Waals surface area contributed by atoms with Crippen molar-refractivity contribution in [1.82, 2.24) is 5.32 Å². The summed E-state index contributed by atoms with van der Waals surface area (Å²) in [6, 6.07) is 1.52. The molecule has 1 rings (SSSR count). The van der Waals surface area contributed by atoms with E-state index in [-0.39, 0.29) is 6.54 Å². The predicted octanol–water partition coefficient (Wildman–Crippen LogP) is 0.656. The molecule has 0 atom stereocenters. The highest BCUT2D eigenvalue weighted by atomic mass is 16.4. The molecule has 0 aliphatic carbocycles. The number of furan rings is 1. The highest BCUT2D eigenvalue weighted by molar-refractivity contribution is 5.96. The van der Waals surface area contributed by atoms with Crippen molar-refractivity contribution in [3.8, 4) is 0 Å². The predicted molar refractivity (Wildman–Crippen MR) is 48.1 cm³/mol. The standard InChI is InChI=1S/C9H11NO4/c1-2-7-6(3-4-14-7)9(13)10-5-8(11)12/h3-4H,2,5H2,1H3,(H,10,13)(H,11,12). The molecule has 0 aromatic carbocycles. The fraction of sp³-hybridized carbons (Fsp3) is 0.333. The van der Waals surface area contributed by atoms with Crippen LogP contribution in [0.15, 0.2) is 16.7 Å². The number of carboxylic acid groups (broad SMARTS) is 1. The van der Waals surface area contributed by atoms with Gasteiger partial charge in [-0.2, -0.15) is 0 Å². The number of rotatable bonds is 4. The van der Waals surface area contributed by atoms with E-state index in [4.69, 9.17) is 9.52 Å². The molecule has 0 bridgehead atoms. The lowest BCUT2D eigenvalue weighted by Gasteiger charge is -2.00. The molecule has 1 aromatic rings. The van der Waals surface area contributed by atoms with E-state index in [0.717, 1.165) is 0 Å². The van der Waals surface area contributed by atoms with Crippen LogP contribution in [-0.4, -0.2) is 23.5 Å². The van der Waals surface area contributed by atoms with Crippen LogP contribution in [0.1, 0.15) is 23.0 Å². The molecule has 14 heavy (non-hydrogen) atoms. The van der Waals surface area contributed by atoms with Crippen LogP contribution in [0.3, 0.4) is 0 Å². The van der Waals surface area contributed by atoms with Gasteiger partial charge in [-0.05, 0) is 6.07 Å². The number of carbonyl (C=O) groups excluding carboxylic acids is 1. The van der Waals surface area contributed by atoms with E-state index < -0.39 is 11.9 Å². The topological polar surface area (TPSA) is 79.5 Å². The molecule has 5 nitrogen and oxygen atoms in total. The lowest BCUT2D eigenvalue weighted by Crippen LogP contribution is -2.29. The maximum atomic E-state index is 11.4. The van der Waals surface area contributed by atoms with Crippen LogP contribution in [0.4, 0.5) is 0 Å². The molecule has 1 aromatic heterocycles. The second kappa shape index (κ2) is 4.45. The highest BCUT2D eigenvalue weighted by Crippen LogP contribution is 2.10. The van der Waals surface area contributed by atoms with Crippen LogP contribution in [0.2, 0.25) is 0 Å².